The molecule has 0 radical (unpaired) electrons. The molecule has 12 aliphatic rings. The van der Waals surface area contributed by atoms with E-state index in [-0.39, 0.29) is 75.5 Å². The molecule has 8 aromatic rings. The number of anilines is 1. The summed E-state index contributed by atoms with van der Waals surface area (Å²) in [6.07, 6.45) is 14.5. The highest BCUT2D eigenvalue weighted by Gasteiger charge is 2.52. The van der Waals surface area contributed by atoms with Gasteiger partial charge in [-0.05, 0) is 224 Å². The summed E-state index contributed by atoms with van der Waals surface area (Å²) >= 11 is 0. The van der Waals surface area contributed by atoms with Gasteiger partial charge in [-0.1, -0.05) is 158 Å². The quantitative estimate of drug-likeness (QED) is 0.0568. The number of fused-ring (bicyclic) bond motifs is 8. The Morgan fingerprint density at radius 1 is 0.500 bits per heavy atom. The van der Waals surface area contributed by atoms with E-state index in [4.69, 9.17) is 28.7 Å². The monoisotopic (exact) mass is 1590 g/mol. The first-order valence-electron chi connectivity index (χ1n) is 42.7. The Balaban J connectivity index is 0.000000112. The van der Waals surface area contributed by atoms with E-state index in [2.05, 4.69) is 121 Å². The second-order valence-corrected chi connectivity index (χ2v) is 33.5. The van der Waals surface area contributed by atoms with Crippen molar-refractivity contribution in [1.29, 1.82) is 0 Å². The van der Waals surface area contributed by atoms with Crippen LogP contribution in [0.4, 0.5) is 10.5 Å². The largest absolute Gasteiger partial charge is 0.497 e. The zero-order valence-electron chi connectivity index (χ0n) is 68.7. The normalized spacial score (nSPS) is 22.3. The highest BCUT2D eigenvalue weighted by molar-refractivity contribution is 6.21. The van der Waals surface area contributed by atoms with Crippen LogP contribution in [0.1, 0.15) is 202 Å². The third-order valence-corrected chi connectivity index (χ3v) is 26.6. The zero-order valence-corrected chi connectivity index (χ0v) is 68.7. The van der Waals surface area contributed by atoms with Gasteiger partial charge in [-0.15, -0.1) is 0 Å². The molecule has 3 atom stereocenters. The topological polar surface area (TPSA) is 260 Å². The van der Waals surface area contributed by atoms with Gasteiger partial charge in [0.2, 0.25) is 5.91 Å². The molecule has 6 saturated heterocycles. The Bertz CT molecular complexity index is 4820. The van der Waals surface area contributed by atoms with Gasteiger partial charge in [0.25, 0.3) is 5.91 Å². The van der Waals surface area contributed by atoms with Crippen molar-refractivity contribution in [1.82, 2.24) is 42.5 Å². The van der Waals surface area contributed by atoms with Gasteiger partial charge in [-0.25, -0.2) is 14.4 Å². The standard InChI is InChI=1S/C20H21N3O.C20H21NO3.C16H22N2O2.C15H20N2O.2C13H15NO2/c1-23-17-10-6-5-9-16(17)18(15-7-3-2-4-8-15)22-20(19(23)24)11-13-21-14-12-20;1-23-15-7-8-16-17(13-15)18(14-5-3-2-4-6-14)20(24-19(16)22)9-11-21-12-10-20;1-2-20-15(19)18-14-11-16(7-9-17-10-8-16)13-6-4-3-5-12(13)14;1-16-14(18)12-10-15(6-8-17-9-7-15)13-5-3-2-4-11(12)13;15-11-9-13(5-7-14-8-6-13)16-12-4-2-1-3-10(11)12;15-12-11-4-2-1-3-10(11)9-13(16-12)5-7-14-8-6-13/h2-10,21H,11-14H2,1H3;2-8,13,18,21H,9-12H2,1H3;3-6,14,17H,2,7-11H2,1H3,(H,18,19);2-5,12,17H,6-10H2,1H3,(H,16,18);2*1-4,14H,5-9H2/t;;;12-;;/m...1../s1. The maximum Gasteiger partial charge on any atom is 0.407 e. The molecule has 0 saturated carbocycles. The summed E-state index contributed by atoms with van der Waals surface area (Å²) in [7, 11) is 5.26. The van der Waals surface area contributed by atoms with Crippen LogP contribution >= 0.6 is 0 Å². The SMILES string of the molecule is CCOC(=O)NC1CC2(CCNCC2)c2ccccc21.CN1C(=O)C2(CCNCC2)N=C(c2ccccc2)c2ccccc21.CNC(=O)[C@@H]1CC2(CCNCC2)c2ccccc21.COc1ccc2c(c1)C(c1ccccc1)C1(CCNCC1)OC2=O.O=C1CC2(CCNCC2)Oc2ccccc21.O=C1OC2(CCNCC2)Cc2ccccc21. The molecule has 21 nitrogen and oxygen atoms in total. The van der Waals surface area contributed by atoms with Gasteiger partial charge in [-0.2, -0.15) is 0 Å². The number of Topliss-reactive ketones (excluding diaryl/α,β-unsaturated/α-hetero) is 1. The number of benzene rings is 8. The highest BCUT2D eigenvalue weighted by Crippen LogP contribution is 2.53. The third-order valence-electron chi connectivity index (χ3n) is 26.6. The summed E-state index contributed by atoms with van der Waals surface area (Å²) in [6.45, 7) is 13.6. The minimum Gasteiger partial charge on any atom is -0.497 e. The van der Waals surface area contributed by atoms with E-state index >= 15 is 0 Å². The first-order valence-corrected chi connectivity index (χ1v) is 42.7. The van der Waals surface area contributed by atoms with Crippen LogP contribution in [-0.4, -0.2) is 170 Å². The molecule has 8 aromatic carbocycles. The minimum absolute atomic E-state index is 0.0311. The fraction of sp³-hybridized carbons (Fsp3) is 0.433. The van der Waals surface area contributed by atoms with Crippen molar-refractivity contribution < 1.29 is 52.5 Å². The number of hydrogen-bond donors (Lipinski definition) is 8. The van der Waals surface area contributed by atoms with Gasteiger partial charge in [0.05, 0.1) is 66.1 Å². The summed E-state index contributed by atoms with van der Waals surface area (Å²) in [6, 6.07) is 66.7. The van der Waals surface area contributed by atoms with Crippen LogP contribution in [-0.2, 0) is 41.1 Å². The van der Waals surface area contributed by atoms with Crippen LogP contribution in [0.25, 0.3) is 0 Å². The first kappa shape index (κ1) is 82.7. The summed E-state index contributed by atoms with van der Waals surface area (Å²) in [4.78, 5) is 80.6. The number of alkyl carbamates (subject to hydrolysis) is 1. The van der Waals surface area contributed by atoms with Crippen LogP contribution in [0.5, 0.6) is 11.5 Å². The Kier molecular flexibility index (Phi) is 25.8. The summed E-state index contributed by atoms with van der Waals surface area (Å²) in [5.41, 5.74) is 13.6. The minimum atomic E-state index is -0.663. The number of carbonyl (C=O) groups is 6. The molecule has 2 unspecified atom stereocenters. The lowest BCUT2D eigenvalue weighted by Gasteiger charge is -2.46. The van der Waals surface area contributed by atoms with Crippen LogP contribution in [0.2, 0.25) is 0 Å². The average Bonchev–Trinajstić information content (AvgIpc) is 1.11. The molecule has 0 aromatic heterocycles. The fourth-order valence-corrected chi connectivity index (χ4v) is 20.4. The Morgan fingerprint density at radius 2 is 1.01 bits per heavy atom. The summed E-state index contributed by atoms with van der Waals surface area (Å²) in [5, 5.41) is 26.0. The number of ether oxygens (including phenoxy) is 5. The molecular weight excluding hydrogens is 1480 g/mol. The van der Waals surface area contributed by atoms with Crippen LogP contribution < -0.4 is 56.9 Å². The van der Waals surface area contributed by atoms with Crippen molar-refractivity contribution in [3.05, 3.63) is 267 Å². The lowest BCUT2D eigenvalue weighted by atomic mass is 9.69. The lowest BCUT2D eigenvalue weighted by molar-refractivity contribution is -0.124. The van der Waals surface area contributed by atoms with E-state index in [9.17, 15) is 28.8 Å². The molecule has 2 aliphatic carbocycles. The average molecular weight is 1600 g/mol. The van der Waals surface area contributed by atoms with E-state index in [0.29, 0.717) is 18.6 Å². The number of likely N-dealkylation sites (N-methyl/N-ethyl adjacent to an activating group) is 2. The number of nitrogens with zero attached hydrogens (tertiary/aromatic N) is 2. The molecule has 618 valence electrons. The molecular formula is C97H114N10O11. The van der Waals surface area contributed by atoms with Crippen molar-refractivity contribution in [2.75, 3.05) is 111 Å². The zero-order chi connectivity index (χ0) is 81.8. The number of esters is 2. The number of amides is 3. The van der Waals surface area contributed by atoms with Crippen LogP contribution in [0, 0.1) is 0 Å². The molecule has 3 amide bonds. The van der Waals surface area contributed by atoms with Gasteiger partial charge in [0.15, 0.2) is 5.78 Å². The molecule has 118 heavy (non-hydrogen) atoms. The molecule has 10 aliphatic heterocycles. The molecule has 6 spiro atoms. The number of methoxy groups -OCH3 is 1. The van der Waals surface area contributed by atoms with Gasteiger partial charge in [0, 0.05) is 75.6 Å². The second kappa shape index (κ2) is 36.9. The predicted molar refractivity (Wildman–Crippen MR) is 459 cm³/mol. The van der Waals surface area contributed by atoms with Crippen molar-refractivity contribution >= 4 is 47.0 Å². The lowest BCUT2D eigenvalue weighted by Crippen LogP contribution is -2.52. The maximum atomic E-state index is 13.3. The number of ketones is 1. The van der Waals surface area contributed by atoms with Gasteiger partial charge in [0.1, 0.15) is 33.8 Å². The first-order chi connectivity index (χ1) is 57.5. The number of piperidine rings is 6. The number of aliphatic imine (C=N–C) groups is 1. The van der Waals surface area contributed by atoms with Crippen LogP contribution in [0.15, 0.2) is 205 Å². The number of para-hydroxylation sites is 2. The molecule has 6 fully saturated rings. The second-order valence-electron chi connectivity index (χ2n) is 33.5. The molecule has 10 heterocycles. The molecule has 8 N–H and O–H groups in total. The Labute approximate surface area is 693 Å². The van der Waals surface area contributed by atoms with Crippen molar-refractivity contribution in [3.8, 4) is 11.5 Å². The van der Waals surface area contributed by atoms with Gasteiger partial charge in [-0.3, -0.25) is 19.4 Å². The number of rotatable bonds is 6. The number of nitrogens with one attached hydrogen (secondary N) is 8. The molecule has 20 rings (SSSR count). The summed E-state index contributed by atoms with van der Waals surface area (Å²) < 4.78 is 28.2. The number of hydrogen-bond acceptors (Lipinski definition) is 18. The Morgan fingerprint density at radius 3 is 1.64 bits per heavy atom. The van der Waals surface area contributed by atoms with E-state index in [1.54, 1.807) is 19.1 Å². The van der Waals surface area contributed by atoms with Crippen molar-refractivity contribution in [2.45, 2.75) is 161 Å². The fourth-order valence-electron chi connectivity index (χ4n) is 20.4. The maximum absolute atomic E-state index is 13.3. The smallest absolute Gasteiger partial charge is 0.407 e. The number of carbonyl (C=O) groups excluding carboxylic acids is 6. The highest BCUT2D eigenvalue weighted by atomic mass is 16.6. The van der Waals surface area contributed by atoms with Gasteiger partial charge >= 0.3 is 18.0 Å². The molecule has 0 bridgehead atoms. The Hall–Kier alpha value is -10.4. The van der Waals surface area contributed by atoms with Crippen molar-refractivity contribution in [2.24, 2.45) is 4.99 Å². The van der Waals surface area contributed by atoms with E-state index in [1.165, 1.54) is 27.8 Å². The van der Waals surface area contributed by atoms with E-state index in [0.717, 1.165) is 231 Å². The summed E-state index contributed by atoms with van der Waals surface area (Å²) in [5.74, 6) is 1.73. The van der Waals surface area contributed by atoms with E-state index in [1.807, 2.05) is 135 Å². The predicted octanol–water partition coefficient (Wildman–Crippen LogP) is 13.1. The van der Waals surface area contributed by atoms with Crippen LogP contribution in [0.3, 0.4) is 0 Å². The van der Waals surface area contributed by atoms with Crippen molar-refractivity contribution in [3.63, 3.8) is 0 Å². The third kappa shape index (κ3) is 17.6. The molecule has 21 heteroatoms. The van der Waals surface area contributed by atoms with E-state index < -0.39 is 11.1 Å². The van der Waals surface area contributed by atoms with Gasteiger partial charge < -0.3 is 71.1 Å².